The average molecular weight is 421 g/mol. The number of nitrogens with zero attached hydrogens (tertiary/aromatic N) is 2. The van der Waals surface area contributed by atoms with Crippen LogP contribution in [0.1, 0.15) is 0 Å². The number of benzene rings is 2. The largest absolute Gasteiger partial charge is 0.375 e. The number of rotatable bonds is 6. The van der Waals surface area contributed by atoms with E-state index in [2.05, 4.69) is 15.5 Å². The van der Waals surface area contributed by atoms with Crippen LogP contribution in [0.2, 0.25) is 10.0 Å². The van der Waals surface area contributed by atoms with Gasteiger partial charge in [-0.1, -0.05) is 41.4 Å². The predicted molar refractivity (Wildman–Crippen MR) is 113 cm³/mol. The van der Waals surface area contributed by atoms with Crippen molar-refractivity contribution in [2.45, 2.75) is 0 Å². The molecular weight excluding hydrogens is 399 g/mol. The molecule has 0 unspecified atom stereocenters. The smallest absolute Gasteiger partial charge is 0.242 e. The third kappa shape index (κ3) is 5.53. The molecule has 8 heteroatoms. The molecule has 0 radical (unpaired) electrons. The first-order valence-electron chi connectivity index (χ1n) is 9.06. The Bertz CT molecular complexity index is 838. The van der Waals surface area contributed by atoms with Crippen LogP contribution in [0.25, 0.3) is 0 Å². The number of hydrogen-bond donors (Lipinski definition) is 2. The Morgan fingerprint density at radius 1 is 0.929 bits per heavy atom. The van der Waals surface area contributed by atoms with E-state index in [9.17, 15) is 9.59 Å². The van der Waals surface area contributed by atoms with Crippen LogP contribution < -0.4 is 15.5 Å². The standard InChI is InChI=1S/C20H22Cl2N4O2/c21-15-4-3-5-16(12-15)25-8-10-26(11-9-25)20(28)14-24-19(27)13-23-18-7-2-1-6-17(18)22/h1-7,12,23H,8-11,13-14H2,(H,24,27). The van der Waals surface area contributed by atoms with Crippen LogP contribution in [0, 0.1) is 0 Å². The molecule has 2 aromatic rings. The number of carbonyl (C=O) groups is 2. The fourth-order valence-corrected chi connectivity index (χ4v) is 3.40. The summed E-state index contributed by atoms with van der Waals surface area (Å²) in [6.45, 7) is 2.72. The Morgan fingerprint density at radius 2 is 1.68 bits per heavy atom. The maximum absolute atomic E-state index is 12.4. The van der Waals surface area contributed by atoms with E-state index in [1.54, 1.807) is 17.0 Å². The summed E-state index contributed by atoms with van der Waals surface area (Å²) < 4.78 is 0. The quantitative estimate of drug-likeness (QED) is 0.753. The highest BCUT2D eigenvalue weighted by Crippen LogP contribution is 2.21. The number of anilines is 2. The molecule has 2 N–H and O–H groups in total. The first-order valence-corrected chi connectivity index (χ1v) is 9.82. The van der Waals surface area contributed by atoms with Crippen molar-refractivity contribution in [3.8, 4) is 0 Å². The van der Waals surface area contributed by atoms with Crippen molar-refractivity contribution in [2.24, 2.45) is 0 Å². The number of halogens is 2. The minimum Gasteiger partial charge on any atom is -0.375 e. The van der Waals surface area contributed by atoms with Crippen LogP contribution in [0.3, 0.4) is 0 Å². The van der Waals surface area contributed by atoms with Crippen molar-refractivity contribution in [3.05, 3.63) is 58.6 Å². The third-order valence-electron chi connectivity index (χ3n) is 4.56. The van der Waals surface area contributed by atoms with Crippen molar-refractivity contribution in [1.82, 2.24) is 10.2 Å². The fourth-order valence-electron chi connectivity index (χ4n) is 3.02. The molecular formula is C20H22Cl2N4O2. The number of para-hydroxylation sites is 1. The minimum atomic E-state index is -0.258. The molecule has 0 aliphatic carbocycles. The van der Waals surface area contributed by atoms with Gasteiger partial charge in [0.05, 0.1) is 23.8 Å². The number of carbonyl (C=O) groups excluding carboxylic acids is 2. The lowest BCUT2D eigenvalue weighted by Gasteiger charge is -2.36. The molecule has 3 rings (SSSR count). The van der Waals surface area contributed by atoms with Crippen LogP contribution in [-0.2, 0) is 9.59 Å². The zero-order valence-electron chi connectivity index (χ0n) is 15.3. The van der Waals surface area contributed by atoms with Gasteiger partial charge in [0.25, 0.3) is 0 Å². The molecule has 1 aliphatic rings. The van der Waals surface area contributed by atoms with E-state index >= 15 is 0 Å². The van der Waals surface area contributed by atoms with Gasteiger partial charge in [-0.25, -0.2) is 0 Å². The first-order chi connectivity index (χ1) is 13.5. The maximum Gasteiger partial charge on any atom is 0.242 e. The lowest BCUT2D eigenvalue weighted by Crippen LogP contribution is -2.51. The molecule has 1 aliphatic heterocycles. The Balaban J connectivity index is 1.39. The lowest BCUT2D eigenvalue weighted by atomic mass is 10.2. The highest BCUT2D eigenvalue weighted by atomic mass is 35.5. The van der Waals surface area contributed by atoms with Gasteiger partial charge >= 0.3 is 0 Å². The fraction of sp³-hybridized carbons (Fsp3) is 0.300. The van der Waals surface area contributed by atoms with Crippen molar-refractivity contribution in [1.29, 1.82) is 0 Å². The van der Waals surface area contributed by atoms with Crippen molar-refractivity contribution in [3.63, 3.8) is 0 Å². The Hall–Kier alpha value is -2.44. The molecule has 1 fully saturated rings. The van der Waals surface area contributed by atoms with Gasteiger partial charge < -0.3 is 20.4 Å². The number of piperazine rings is 1. The number of nitrogens with one attached hydrogen (secondary N) is 2. The molecule has 6 nitrogen and oxygen atoms in total. The second kappa shape index (κ2) is 9.66. The van der Waals surface area contributed by atoms with Gasteiger partial charge in [0.15, 0.2) is 0 Å². The van der Waals surface area contributed by atoms with Gasteiger partial charge in [0.2, 0.25) is 11.8 Å². The highest BCUT2D eigenvalue weighted by molar-refractivity contribution is 6.33. The molecule has 0 spiro atoms. The van der Waals surface area contributed by atoms with Crippen LogP contribution >= 0.6 is 23.2 Å². The number of amides is 2. The van der Waals surface area contributed by atoms with E-state index in [1.165, 1.54) is 0 Å². The van der Waals surface area contributed by atoms with Crippen molar-refractivity contribution < 1.29 is 9.59 Å². The van der Waals surface area contributed by atoms with E-state index in [0.29, 0.717) is 28.8 Å². The Kier molecular flexibility index (Phi) is 7.01. The van der Waals surface area contributed by atoms with Crippen LogP contribution in [-0.4, -0.2) is 56.0 Å². The Labute approximate surface area is 174 Å². The van der Waals surface area contributed by atoms with Crippen molar-refractivity contribution in [2.75, 3.05) is 49.5 Å². The SMILES string of the molecule is O=C(CNc1ccccc1Cl)NCC(=O)N1CCN(c2cccc(Cl)c2)CC1. The first kappa shape index (κ1) is 20.3. The topological polar surface area (TPSA) is 64.7 Å². The van der Waals surface area contributed by atoms with Crippen molar-refractivity contribution >= 4 is 46.4 Å². The zero-order chi connectivity index (χ0) is 19.9. The summed E-state index contributed by atoms with van der Waals surface area (Å²) in [4.78, 5) is 28.3. The molecule has 0 aromatic heterocycles. The van der Waals surface area contributed by atoms with Gasteiger partial charge in [0.1, 0.15) is 0 Å². The monoisotopic (exact) mass is 420 g/mol. The number of hydrogen-bond acceptors (Lipinski definition) is 4. The molecule has 0 bridgehead atoms. The summed E-state index contributed by atoms with van der Waals surface area (Å²) >= 11 is 12.1. The second-order valence-electron chi connectivity index (χ2n) is 6.46. The minimum absolute atomic E-state index is 0.0137. The van der Waals surface area contributed by atoms with E-state index < -0.39 is 0 Å². The molecule has 1 saturated heterocycles. The summed E-state index contributed by atoms with van der Waals surface area (Å²) in [5.74, 6) is -0.345. The molecule has 1 heterocycles. The maximum atomic E-state index is 12.4. The molecule has 148 valence electrons. The highest BCUT2D eigenvalue weighted by Gasteiger charge is 2.21. The summed E-state index contributed by atoms with van der Waals surface area (Å²) in [6.07, 6.45) is 0. The molecule has 2 amide bonds. The summed E-state index contributed by atoms with van der Waals surface area (Å²) in [7, 11) is 0. The normalized spacial score (nSPS) is 13.9. The van der Waals surface area contributed by atoms with Gasteiger partial charge in [0, 0.05) is 36.9 Å². The van der Waals surface area contributed by atoms with Gasteiger partial charge in [-0.05, 0) is 30.3 Å². The van der Waals surface area contributed by atoms with E-state index in [0.717, 1.165) is 18.8 Å². The third-order valence-corrected chi connectivity index (χ3v) is 5.12. The van der Waals surface area contributed by atoms with Gasteiger partial charge in [-0.2, -0.15) is 0 Å². The average Bonchev–Trinajstić information content (AvgIpc) is 2.71. The molecule has 0 atom stereocenters. The summed E-state index contributed by atoms with van der Waals surface area (Å²) in [6, 6.07) is 14.9. The van der Waals surface area contributed by atoms with Crippen LogP contribution in [0.5, 0.6) is 0 Å². The van der Waals surface area contributed by atoms with Gasteiger partial charge in [-0.3, -0.25) is 9.59 Å². The zero-order valence-corrected chi connectivity index (χ0v) is 16.8. The molecule has 0 saturated carbocycles. The van der Waals surface area contributed by atoms with Gasteiger partial charge in [-0.15, -0.1) is 0 Å². The Morgan fingerprint density at radius 3 is 2.39 bits per heavy atom. The lowest BCUT2D eigenvalue weighted by molar-refractivity contribution is -0.132. The summed E-state index contributed by atoms with van der Waals surface area (Å²) in [5.41, 5.74) is 1.74. The van der Waals surface area contributed by atoms with Crippen LogP contribution in [0.15, 0.2) is 48.5 Å². The summed E-state index contributed by atoms with van der Waals surface area (Å²) in [5, 5.41) is 6.85. The predicted octanol–water partition coefficient (Wildman–Crippen LogP) is 2.87. The van der Waals surface area contributed by atoms with E-state index in [4.69, 9.17) is 23.2 Å². The van der Waals surface area contributed by atoms with E-state index in [-0.39, 0.29) is 24.9 Å². The second-order valence-corrected chi connectivity index (χ2v) is 7.30. The van der Waals surface area contributed by atoms with E-state index in [1.807, 2.05) is 36.4 Å². The molecule has 2 aromatic carbocycles. The molecule has 28 heavy (non-hydrogen) atoms. The van der Waals surface area contributed by atoms with Crippen LogP contribution in [0.4, 0.5) is 11.4 Å².